The Kier molecular flexibility index (Phi) is 8.18. The molecule has 10 heteroatoms. The fourth-order valence-corrected chi connectivity index (χ4v) is 4.67. The van der Waals surface area contributed by atoms with Crippen LogP contribution in [0.1, 0.15) is 38.8 Å². The Hall–Kier alpha value is -3.27. The standard InChI is InChI=1S/C26H35N3O6S/c1-18-9-7-8-10-20(18)16-28(19(2)25(31)27-26(3,4)5)24(30)17-29(36(6,32)33)21-11-12-22-23(15-21)35-14-13-34-22/h7-12,15,19H,13-14,16-17H2,1-6H3,(H,27,31)/t19-/m0/s1. The number of fused-ring (bicyclic) bond motifs is 1. The molecule has 0 spiro atoms. The molecule has 1 aliphatic heterocycles. The molecule has 0 radical (unpaired) electrons. The first-order valence-corrected chi connectivity index (χ1v) is 13.6. The summed E-state index contributed by atoms with van der Waals surface area (Å²) in [7, 11) is -3.84. The highest BCUT2D eigenvalue weighted by Gasteiger charge is 2.32. The van der Waals surface area contributed by atoms with Crippen molar-refractivity contribution in [2.75, 3.05) is 30.3 Å². The number of nitrogens with zero attached hydrogens (tertiary/aromatic N) is 2. The van der Waals surface area contributed by atoms with Crippen LogP contribution in [0.25, 0.3) is 0 Å². The number of hydrogen-bond acceptors (Lipinski definition) is 6. The molecule has 1 heterocycles. The Morgan fingerprint density at radius 1 is 1.06 bits per heavy atom. The fraction of sp³-hybridized carbons (Fsp3) is 0.462. The summed E-state index contributed by atoms with van der Waals surface area (Å²) in [4.78, 5) is 28.1. The van der Waals surface area contributed by atoms with Crippen molar-refractivity contribution in [1.82, 2.24) is 10.2 Å². The van der Waals surface area contributed by atoms with Crippen LogP contribution in [0, 0.1) is 6.92 Å². The van der Waals surface area contributed by atoms with Crippen LogP contribution in [-0.4, -0.2) is 62.7 Å². The van der Waals surface area contributed by atoms with Crippen molar-refractivity contribution >= 4 is 27.5 Å². The Labute approximate surface area is 213 Å². The Morgan fingerprint density at radius 3 is 2.31 bits per heavy atom. The number of hydrogen-bond donors (Lipinski definition) is 1. The molecule has 2 aromatic rings. The van der Waals surface area contributed by atoms with Crippen LogP contribution in [0.4, 0.5) is 5.69 Å². The zero-order chi connectivity index (χ0) is 26.7. The van der Waals surface area contributed by atoms with Gasteiger partial charge in [0.1, 0.15) is 25.8 Å². The van der Waals surface area contributed by atoms with Gasteiger partial charge >= 0.3 is 0 Å². The third-order valence-electron chi connectivity index (χ3n) is 5.76. The van der Waals surface area contributed by atoms with E-state index in [0.29, 0.717) is 24.7 Å². The quantitative estimate of drug-likeness (QED) is 0.577. The second-order valence-corrected chi connectivity index (χ2v) is 11.9. The summed E-state index contributed by atoms with van der Waals surface area (Å²) in [6, 6.07) is 11.5. The number of carbonyl (C=O) groups is 2. The van der Waals surface area contributed by atoms with Crippen LogP contribution in [0.2, 0.25) is 0 Å². The van der Waals surface area contributed by atoms with E-state index < -0.39 is 34.1 Å². The molecule has 0 saturated heterocycles. The normalized spacial score (nSPS) is 14.1. The van der Waals surface area contributed by atoms with Gasteiger partial charge in [0, 0.05) is 18.2 Å². The van der Waals surface area contributed by atoms with Crippen molar-refractivity contribution in [2.45, 2.75) is 52.7 Å². The first-order valence-electron chi connectivity index (χ1n) is 11.8. The van der Waals surface area contributed by atoms with Gasteiger partial charge in [-0.1, -0.05) is 24.3 Å². The zero-order valence-electron chi connectivity index (χ0n) is 21.7. The highest BCUT2D eigenvalue weighted by atomic mass is 32.2. The van der Waals surface area contributed by atoms with Gasteiger partial charge in [-0.15, -0.1) is 0 Å². The molecular weight excluding hydrogens is 482 g/mol. The predicted molar refractivity (Wildman–Crippen MR) is 139 cm³/mol. The maximum absolute atomic E-state index is 13.7. The van der Waals surface area contributed by atoms with E-state index >= 15 is 0 Å². The van der Waals surface area contributed by atoms with Crippen LogP contribution in [0.15, 0.2) is 42.5 Å². The highest BCUT2D eigenvalue weighted by Crippen LogP contribution is 2.34. The lowest BCUT2D eigenvalue weighted by atomic mass is 10.1. The second kappa shape index (κ2) is 10.8. The van der Waals surface area contributed by atoms with Gasteiger partial charge in [-0.2, -0.15) is 0 Å². The van der Waals surface area contributed by atoms with Crippen molar-refractivity contribution in [1.29, 1.82) is 0 Å². The SMILES string of the molecule is Cc1ccccc1CN(C(=O)CN(c1ccc2c(c1)OCCO2)S(C)(=O)=O)[C@@H](C)C(=O)NC(C)(C)C. The summed E-state index contributed by atoms with van der Waals surface area (Å²) < 4.78 is 37.7. The highest BCUT2D eigenvalue weighted by molar-refractivity contribution is 7.92. The molecule has 0 unspecified atom stereocenters. The predicted octanol–water partition coefficient (Wildman–Crippen LogP) is 2.86. The van der Waals surface area contributed by atoms with Crippen LogP contribution in [-0.2, 0) is 26.2 Å². The van der Waals surface area contributed by atoms with E-state index in [0.717, 1.165) is 21.7 Å². The average molecular weight is 518 g/mol. The Bertz CT molecular complexity index is 1220. The van der Waals surface area contributed by atoms with E-state index in [1.165, 1.54) is 4.90 Å². The average Bonchev–Trinajstić information content (AvgIpc) is 2.79. The summed E-state index contributed by atoms with van der Waals surface area (Å²) in [6.07, 6.45) is 1.04. The van der Waals surface area contributed by atoms with E-state index in [9.17, 15) is 18.0 Å². The molecule has 2 amide bonds. The molecule has 196 valence electrons. The molecule has 0 bridgehead atoms. The monoisotopic (exact) mass is 517 g/mol. The summed E-state index contributed by atoms with van der Waals surface area (Å²) in [5.41, 5.74) is 1.61. The van der Waals surface area contributed by atoms with Gasteiger partial charge in [-0.3, -0.25) is 13.9 Å². The van der Waals surface area contributed by atoms with Crippen LogP contribution >= 0.6 is 0 Å². The van der Waals surface area contributed by atoms with Gasteiger partial charge in [-0.05, 0) is 57.9 Å². The number of anilines is 1. The molecule has 9 nitrogen and oxygen atoms in total. The summed E-state index contributed by atoms with van der Waals surface area (Å²) in [5.74, 6) is 0.0952. The van der Waals surface area contributed by atoms with E-state index in [1.807, 2.05) is 52.0 Å². The summed E-state index contributed by atoms with van der Waals surface area (Å²) in [6.45, 7) is 9.58. The minimum Gasteiger partial charge on any atom is -0.486 e. The number of carbonyl (C=O) groups excluding carboxylic acids is 2. The van der Waals surface area contributed by atoms with E-state index in [-0.39, 0.29) is 18.1 Å². The molecule has 0 aromatic heterocycles. The Balaban J connectivity index is 1.94. The first-order chi connectivity index (χ1) is 16.8. The van der Waals surface area contributed by atoms with Crippen molar-refractivity contribution < 1.29 is 27.5 Å². The lowest BCUT2D eigenvalue weighted by Crippen LogP contribution is -2.54. The topological polar surface area (TPSA) is 105 Å². The lowest BCUT2D eigenvalue weighted by molar-refractivity contribution is -0.140. The first kappa shape index (κ1) is 27.3. The van der Waals surface area contributed by atoms with Gasteiger partial charge < -0.3 is 19.7 Å². The van der Waals surface area contributed by atoms with E-state index in [2.05, 4.69) is 5.32 Å². The van der Waals surface area contributed by atoms with E-state index in [1.54, 1.807) is 25.1 Å². The van der Waals surface area contributed by atoms with Crippen molar-refractivity contribution in [3.05, 3.63) is 53.6 Å². The maximum atomic E-state index is 13.7. The molecule has 3 rings (SSSR count). The van der Waals surface area contributed by atoms with Crippen LogP contribution < -0.4 is 19.1 Å². The molecule has 1 aliphatic rings. The molecule has 1 N–H and O–H groups in total. The van der Waals surface area contributed by atoms with Crippen molar-refractivity contribution in [2.24, 2.45) is 0 Å². The summed E-state index contributed by atoms with van der Waals surface area (Å²) in [5, 5.41) is 2.91. The van der Waals surface area contributed by atoms with Gasteiger partial charge in [0.15, 0.2) is 11.5 Å². The molecule has 0 fully saturated rings. The molecular formula is C26H35N3O6S. The fourth-order valence-electron chi connectivity index (χ4n) is 3.83. The van der Waals surface area contributed by atoms with E-state index in [4.69, 9.17) is 9.47 Å². The zero-order valence-corrected chi connectivity index (χ0v) is 22.5. The maximum Gasteiger partial charge on any atom is 0.244 e. The molecule has 0 saturated carbocycles. The third-order valence-corrected chi connectivity index (χ3v) is 6.90. The molecule has 36 heavy (non-hydrogen) atoms. The van der Waals surface area contributed by atoms with Crippen LogP contribution in [0.5, 0.6) is 11.5 Å². The van der Waals surface area contributed by atoms with Gasteiger partial charge in [0.05, 0.1) is 11.9 Å². The minimum absolute atomic E-state index is 0.156. The summed E-state index contributed by atoms with van der Waals surface area (Å²) >= 11 is 0. The van der Waals surface area contributed by atoms with Crippen molar-refractivity contribution in [3.8, 4) is 11.5 Å². The molecule has 2 aromatic carbocycles. The number of nitrogens with one attached hydrogen (secondary N) is 1. The van der Waals surface area contributed by atoms with Gasteiger partial charge in [0.2, 0.25) is 21.8 Å². The minimum atomic E-state index is -3.84. The van der Waals surface area contributed by atoms with Gasteiger partial charge in [-0.25, -0.2) is 8.42 Å². The largest absolute Gasteiger partial charge is 0.486 e. The number of ether oxygens (including phenoxy) is 2. The molecule has 0 aliphatic carbocycles. The number of amides is 2. The van der Waals surface area contributed by atoms with Crippen molar-refractivity contribution in [3.63, 3.8) is 0 Å². The lowest BCUT2D eigenvalue weighted by Gasteiger charge is -2.33. The smallest absolute Gasteiger partial charge is 0.244 e. The Morgan fingerprint density at radius 2 is 1.69 bits per heavy atom. The van der Waals surface area contributed by atoms with Gasteiger partial charge in [0.25, 0.3) is 0 Å². The number of sulfonamides is 1. The second-order valence-electron chi connectivity index (χ2n) is 9.96. The molecule has 1 atom stereocenters. The number of rotatable bonds is 8. The number of benzene rings is 2. The third kappa shape index (κ3) is 6.90. The number of aryl methyl sites for hydroxylation is 1. The van der Waals surface area contributed by atoms with Crippen LogP contribution in [0.3, 0.4) is 0 Å².